The highest BCUT2D eigenvalue weighted by Gasteiger charge is 2.30. The van der Waals surface area contributed by atoms with Crippen LogP contribution in [-0.4, -0.2) is 29.0 Å². The number of hydrogen-bond acceptors (Lipinski definition) is 3. The van der Waals surface area contributed by atoms with E-state index in [4.69, 9.17) is 10.7 Å². The van der Waals surface area contributed by atoms with Crippen LogP contribution in [0, 0.1) is 0 Å². The van der Waals surface area contributed by atoms with E-state index in [1.807, 2.05) is 18.2 Å². The number of aromatic amines is 1. The number of benzene rings is 2. The highest BCUT2D eigenvalue weighted by molar-refractivity contribution is 6.04. The molecule has 0 radical (unpaired) electrons. The lowest BCUT2D eigenvalue weighted by molar-refractivity contribution is 0.100. The monoisotopic (exact) mass is 320 g/mol. The number of carbonyl (C=O) groups is 1. The molecule has 5 heteroatoms. The molecule has 3 aromatic rings. The van der Waals surface area contributed by atoms with Gasteiger partial charge in [0.1, 0.15) is 11.3 Å². The molecule has 2 aromatic carbocycles. The van der Waals surface area contributed by atoms with E-state index < -0.39 is 5.91 Å². The van der Waals surface area contributed by atoms with Crippen LogP contribution in [0.4, 0.5) is 0 Å². The Labute approximate surface area is 140 Å². The number of nitrogens with one attached hydrogen (secondary N) is 2. The van der Waals surface area contributed by atoms with Crippen LogP contribution in [-0.2, 0) is 0 Å². The van der Waals surface area contributed by atoms with E-state index in [1.54, 1.807) is 6.07 Å². The standard InChI is InChI=1S/C19H20N4O/c20-18(24)14-7-4-8-16-17(14)23-19(22-16)13-9-10-21-11-15(13)12-5-2-1-3-6-12/h1-8,13,15,21H,9-11H2,(H2,20,24)(H,22,23). The quantitative estimate of drug-likeness (QED) is 0.693. The Morgan fingerprint density at radius 1 is 1.08 bits per heavy atom. The predicted molar refractivity (Wildman–Crippen MR) is 94.0 cm³/mol. The van der Waals surface area contributed by atoms with Crippen LogP contribution < -0.4 is 11.1 Å². The molecule has 1 saturated heterocycles. The van der Waals surface area contributed by atoms with Gasteiger partial charge in [0, 0.05) is 18.4 Å². The van der Waals surface area contributed by atoms with Crippen molar-refractivity contribution in [3.8, 4) is 0 Å². The van der Waals surface area contributed by atoms with Crippen molar-refractivity contribution in [3.63, 3.8) is 0 Å². The third-order valence-electron chi connectivity index (χ3n) is 4.86. The minimum Gasteiger partial charge on any atom is -0.366 e. The van der Waals surface area contributed by atoms with Gasteiger partial charge in [0.25, 0.3) is 5.91 Å². The zero-order valence-corrected chi connectivity index (χ0v) is 13.3. The number of H-pyrrole nitrogens is 1. The first-order valence-electron chi connectivity index (χ1n) is 8.28. The zero-order valence-electron chi connectivity index (χ0n) is 13.3. The summed E-state index contributed by atoms with van der Waals surface area (Å²) >= 11 is 0. The molecule has 24 heavy (non-hydrogen) atoms. The van der Waals surface area contributed by atoms with Crippen LogP contribution in [0.1, 0.15) is 40.0 Å². The Bertz CT molecular complexity index is 871. The van der Waals surface area contributed by atoms with Gasteiger partial charge in [-0.15, -0.1) is 0 Å². The van der Waals surface area contributed by atoms with Crippen molar-refractivity contribution in [2.45, 2.75) is 18.3 Å². The fourth-order valence-corrected chi connectivity index (χ4v) is 3.66. The summed E-state index contributed by atoms with van der Waals surface area (Å²) in [4.78, 5) is 19.8. The molecule has 1 aliphatic heterocycles. The smallest absolute Gasteiger partial charge is 0.250 e. The second-order valence-corrected chi connectivity index (χ2v) is 6.30. The maximum Gasteiger partial charge on any atom is 0.250 e. The van der Waals surface area contributed by atoms with Crippen molar-refractivity contribution in [1.82, 2.24) is 15.3 Å². The van der Waals surface area contributed by atoms with Gasteiger partial charge < -0.3 is 16.0 Å². The Hall–Kier alpha value is -2.66. The number of carbonyl (C=O) groups excluding carboxylic acids is 1. The number of aromatic nitrogens is 2. The van der Waals surface area contributed by atoms with Crippen LogP contribution in [0.25, 0.3) is 11.0 Å². The summed E-state index contributed by atoms with van der Waals surface area (Å²) in [6.07, 6.45) is 1.01. The molecule has 5 nitrogen and oxygen atoms in total. The Morgan fingerprint density at radius 2 is 1.92 bits per heavy atom. The van der Waals surface area contributed by atoms with Gasteiger partial charge in [-0.05, 0) is 30.7 Å². The summed E-state index contributed by atoms with van der Waals surface area (Å²) in [6.45, 7) is 1.89. The number of para-hydroxylation sites is 1. The summed E-state index contributed by atoms with van der Waals surface area (Å²) in [5.74, 6) is 1.15. The summed E-state index contributed by atoms with van der Waals surface area (Å²) in [7, 11) is 0. The molecule has 4 rings (SSSR count). The molecule has 0 saturated carbocycles. The maximum absolute atomic E-state index is 11.6. The first-order valence-corrected chi connectivity index (χ1v) is 8.28. The minimum atomic E-state index is -0.441. The lowest BCUT2D eigenvalue weighted by Gasteiger charge is -2.31. The van der Waals surface area contributed by atoms with Crippen LogP contribution in [0.3, 0.4) is 0 Å². The summed E-state index contributed by atoms with van der Waals surface area (Å²) in [5.41, 5.74) is 8.80. The summed E-state index contributed by atoms with van der Waals surface area (Å²) in [6, 6.07) is 16.0. The van der Waals surface area contributed by atoms with Crippen molar-refractivity contribution < 1.29 is 4.79 Å². The number of amides is 1. The average Bonchev–Trinajstić information content (AvgIpc) is 3.06. The van der Waals surface area contributed by atoms with E-state index in [0.717, 1.165) is 30.9 Å². The lowest BCUT2D eigenvalue weighted by atomic mass is 9.81. The highest BCUT2D eigenvalue weighted by atomic mass is 16.1. The fourth-order valence-electron chi connectivity index (χ4n) is 3.66. The minimum absolute atomic E-state index is 0.293. The third-order valence-corrected chi connectivity index (χ3v) is 4.86. The normalized spacial score (nSPS) is 21.0. The van der Waals surface area contributed by atoms with E-state index in [0.29, 0.717) is 22.9 Å². The third kappa shape index (κ3) is 2.57. The molecular weight excluding hydrogens is 300 g/mol. The number of primary amides is 1. The first kappa shape index (κ1) is 14.9. The Balaban J connectivity index is 1.77. The number of nitrogens with zero attached hydrogens (tertiary/aromatic N) is 1. The van der Waals surface area contributed by atoms with Crippen molar-refractivity contribution >= 4 is 16.9 Å². The molecule has 1 amide bonds. The molecule has 0 spiro atoms. The molecule has 1 aliphatic rings. The second kappa shape index (κ2) is 6.09. The SMILES string of the molecule is NC(=O)c1cccc2[nH]c(C3CCNCC3c3ccccc3)nc12. The van der Waals surface area contributed by atoms with Crippen molar-refractivity contribution in [2.24, 2.45) is 5.73 Å². The molecule has 1 aromatic heterocycles. The van der Waals surface area contributed by atoms with Gasteiger partial charge in [-0.3, -0.25) is 4.79 Å². The second-order valence-electron chi connectivity index (χ2n) is 6.30. The molecule has 4 N–H and O–H groups in total. The molecular formula is C19H20N4O. The highest BCUT2D eigenvalue weighted by Crippen LogP contribution is 2.36. The zero-order chi connectivity index (χ0) is 16.5. The van der Waals surface area contributed by atoms with Crippen molar-refractivity contribution in [2.75, 3.05) is 13.1 Å². The number of hydrogen-bond donors (Lipinski definition) is 3. The van der Waals surface area contributed by atoms with Crippen LogP contribution in [0.15, 0.2) is 48.5 Å². The molecule has 0 bridgehead atoms. The van der Waals surface area contributed by atoms with E-state index in [1.165, 1.54) is 5.56 Å². The van der Waals surface area contributed by atoms with Crippen molar-refractivity contribution in [1.29, 1.82) is 0 Å². The van der Waals surface area contributed by atoms with Crippen LogP contribution in [0.5, 0.6) is 0 Å². The molecule has 0 aliphatic carbocycles. The van der Waals surface area contributed by atoms with Gasteiger partial charge in [0.05, 0.1) is 11.1 Å². The van der Waals surface area contributed by atoms with Crippen molar-refractivity contribution in [3.05, 3.63) is 65.5 Å². The summed E-state index contributed by atoms with van der Waals surface area (Å²) < 4.78 is 0. The van der Waals surface area contributed by atoms with Gasteiger partial charge in [0.2, 0.25) is 0 Å². The number of nitrogens with two attached hydrogens (primary N) is 1. The Kier molecular flexibility index (Phi) is 3.78. The van der Waals surface area contributed by atoms with Gasteiger partial charge >= 0.3 is 0 Å². The molecule has 122 valence electrons. The fraction of sp³-hybridized carbons (Fsp3) is 0.263. The van der Waals surface area contributed by atoms with Crippen LogP contribution >= 0.6 is 0 Å². The average molecular weight is 320 g/mol. The molecule has 2 atom stereocenters. The Morgan fingerprint density at radius 3 is 2.71 bits per heavy atom. The lowest BCUT2D eigenvalue weighted by Crippen LogP contribution is -2.34. The maximum atomic E-state index is 11.6. The number of piperidine rings is 1. The van der Waals surface area contributed by atoms with E-state index >= 15 is 0 Å². The summed E-state index contributed by atoms with van der Waals surface area (Å²) in [5, 5.41) is 3.48. The van der Waals surface area contributed by atoms with Gasteiger partial charge in [-0.1, -0.05) is 36.4 Å². The van der Waals surface area contributed by atoms with E-state index in [-0.39, 0.29) is 0 Å². The number of fused-ring (bicyclic) bond motifs is 1. The molecule has 1 fully saturated rings. The van der Waals surface area contributed by atoms with Gasteiger partial charge in [-0.25, -0.2) is 4.98 Å². The van der Waals surface area contributed by atoms with E-state index in [9.17, 15) is 4.79 Å². The van der Waals surface area contributed by atoms with Crippen LogP contribution in [0.2, 0.25) is 0 Å². The topological polar surface area (TPSA) is 83.8 Å². The van der Waals surface area contributed by atoms with Gasteiger partial charge in [-0.2, -0.15) is 0 Å². The number of rotatable bonds is 3. The number of imidazole rings is 1. The predicted octanol–water partition coefficient (Wildman–Crippen LogP) is 2.52. The first-order chi connectivity index (χ1) is 11.7. The molecule has 2 heterocycles. The largest absolute Gasteiger partial charge is 0.366 e. The molecule has 2 unspecified atom stereocenters. The van der Waals surface area contributed by atoms with E-state index in [2.05, 4.69) is 34.6 Å². The van der Waals surface area contributed by atoms with Gasteiger partial charge in [0.15, 0.2) is 0 Å².